The van der Waals surface area contributed by atoms with Crippen LogP contribution in [0.15, 0.2) is 0 Å². The van der Waals surface area contributed by atoms with Gasteiger partial charge in [0.1, 0.15) is 5.60 Å². The van der Waals surface area contributed by atoms with E-state index in [0.717, 1.165) is 4.90 Å². The van der Waals surface area contributed by atoms with E-state index in [1.807, 2.05) is 0 Å². The number of rotatable bonds is 0. The molecule has 5 nitrogen and oxygen atoms in total. The maximum Gasteiger partial charge on any atom is 0.448 e. The zero-order chi connectivity index (χ0) is 14.8. The Hall–Kier alpha value is -1.47. The van der Waals surface area contributed by atoms with Gasteiger partial charge >= 0.3 is 12.3 Å². The van der Waals surface area contributed by atoms with Crippen LogP contribution < -0.4 is 0 Å². The summed E-state index contributed by atoms with van der Waals surface area (Å²) in [6, 6.07) is 0. The number of halogens is 3. The van der Waals surface area contributed by atoms with Crippen molar-refractivity contribution in [2.24, 2.45) is 0 Å². The quantitative estimate of drug-likeness (QED) is 0.546. The van der Waals surface area contributed by atoms with Crippen LogP contribution in [-0.2, 0) is 4.74 Å². The van der Waals surface area contributed by atoms with E-state index >= 15 is 0 Å². The molecular formula is C11H18F3N3O2. The van der Waals surface area contributed by atoms with Crippen molar-refractivity contribution in [2.75, 3.05) is 26.2 Å². The lowest BCUT2D eigenvalue weighted by Crippen LogP contribution is -2.54. The zero-order valence-electron chi connectivity index (χ0n) is 11.2. The second-order valence-corrected chi connectivity index (χ2v) is 5.30. The summed E-state index contributed by atoms with van der Waals surface area (Å²) in [4.78, 5) is 14.0. The molecule has 1 aliphatic heterocycles. The Morgan fingerprint density at radius 3 is 1.84 bits per heavy atom. The first-order chi connectivity index (χ1) is 8.50. The summed E-state index contributed by atoms with van der Waals surface area (Å²) in [5, 5.41) is 7.02. The van der Waals surface area contributed by atoms with Gasteiger partial charge in [0.25, 0.3) is 0 Å². The number of amides is 1. The number of alkyl halides is 3. The van der Waals surface area contributed by atoms with Gasteiger partial charge in [0.05, 0.1) is 0 Å². The fourth-order valence-electron chi connectivity index (χ4n) is 1.62. The highest BCUT2D eigenvalue weighted by Gasteiger charge is 2.40. The van der Waals surface area contributed by atoms with Crippen molar-refractivity contribution in [3.05, 3.63) is 0 Å². The minimum Gasteiger partial charge on any atom is -0.444 e. The van der Waals surface area contributed by atoms with Crippen LogP contribution in [0.2, 0.25) is 0 Å². The van der Waals surface area contributed by atoms with Gasteiger partial charge in [-0.3, -0.25) is 5.41 Å². The van der Waals surface area contributed by atoms with Gasteiger partial charge in [0, 0.05) is 26.2 Å². The minimum atomic E-state index is -4.64. The molecule has 8 heteroatoms. The van der Waals surface area contributed by atoms with E-state index in [9.17, 15) is 18.0 Å². The molecule has 0 aliphatic carbocycles. The molecule has 0 saturated carbocycles. The van der Waals surface area contributed by atoms with E-state index in [0.29, 0.717) is 0 Å². The van der Waals surface area contributed by atoms with Gasteiger partial charge in [-0.2, -0.15) is 13.2 Å². The normalized spacial score (nSPS) is 17.4. The van der Waals surface area contributed by atoms with E-state index in [1.54, 1.807) is 20.8 Å². The second-order valence-electron chi connectivity index (χ2n) is 5.30. The molecule has 1 N–H and O–H groups in total. The first kappa shape index (κ1) is 15.6. The standard InChI is InChI=1S/C11H18F3N3O2/c1-10(2,3)19-9(18)17-6-4-16(5-7-17)8(15)11(12,13)14/h15H,4-7H2,1-3H3. The van der Waals surface area contributed by atoms with Gasteiger partial charge in [-0.1, -0.05) is 0 Å². The molecule has 0 radical (unpaired) electrons. The molecule has 0 aromatic heterocycles. The number of carbonyl (C=O) groups excluding carboxylic acids is 1. The number of hydrogen-bond donors (Lipinski definition) is 1. The summed E-state index contributed by atoms with van der Waals surface area (Å²) in [6.07, 6.45) is -5.18. The molecule has 1 heterocycles. The summed E-state index contributed by atoms with van der Waals surface area (Å²) in [5.74, 6) is -1.36. The largest absolute Gasteiger partial charge is 0.448 e. The Morgan fingerprint density at radius 1 is 1.05 bits per heavy atom. The van der Waals surface area contributed by atoms with Gasteiger partial charge in [0.2, 0.25) is 5.84 Å². The molecule has 0 spiro atoms. The third-order valence-corrected chi connectivity index (χ3v) is 2.52. The molecule has 1 fully saturated rings. The smallest absolute Gasteiger partial charge is 0.444 e. The van der Waals surface area contributed by atoms with Gasteiger partial charge in [0.15, 0.2) is 0 Å². The lowest BCUT2D eigenvalue weighted by molar-refractivity contribution is -0.0715. The van der Waals surface area contributed by atoms with E-state index in [-0.39, 0.29) is 26.2 Å². The summed E-state index contributed by atoms with van der Waals surface area (Å²) >= 11 is 0. The number of nitrogens with one attached hydrogen (secondary N) is 1. The van der Waals surface area contributed by atoms with Crippen molar-refractivity contribution in [1.29, 1.82) is 5.41 Å². The molecule has 0 unspecified atom stereocenters. The first-order valence-electron chi connectivity index (χ1n) is 5.89. The van der Waals surface area contributed by atoms with Crippen molar-refractivity contribution in [3.63, 3.8) is 0 Å². The van der Waals surface area contributed by atoms with Crippen LogP contribution in [0.25, 0.3) is 0 Å². The Morgan fingerprint density at radius 2 is 1.47 bits per heavy atom. The minimum absolute atomic E-state index is 0.0163. The highest BCUT2D eigenvalue weighted by atomic mass is 19.4. The SMILES string of the molecule is CC(C)(C)OC(=O)N1CCN(C(=N)C(F)(F)F)CC1. The summed E-state index contributed by atoms with van der Waals surface area (Å²) in [6.45, 7) is 5.37. The Bertz CT molecular complexity index is 355. The van der Waals surface area contributed by atoms with Crippen LogP contribution in [0.4, 0.5) is 18.0 Å². The molecule has 0 atom stereocenters. The fraction of sp³-hybridized carbons (Fsp3) is 0.818. The number of carbonyl (C=O) groups is 1. The zero-order valence-corrected chi connectivity index (χ0v) is 11.2. The summed E-state index contributed by atoms with van der Waals surface area (Å²) < 4.78 is 42.2. The fourth-order valence-corrected chi connectivity index (χ4v) is 1.62. The van der Waals surface area contributed by atoms with Crippen LogP contribution in [0.3, 0.4) is 0 Å². The van der Waals surface area contributed by atoms with E-state index < -0.39 is 23.7 Å². The van der Waals surface area contributed by atoms with Gasteiger partial charge in [-0.25, -0.2) is 4.79 Å². The van der Waals surface area contributed by atoms with Gasteiger partial charge in [-0.05, 0) is 20.8 Å². The highest BCUT2D eigenvalue weighted by molar-refractivity contribution is 5.84. The summed E-state index contributed by atoms with van der Waals surface area (Å²) in [5.41, 5.74) is -0.632. The third-order valence-electron chi connectivity index (χ3n) is 2.52. The van der Waals surface area contributed by atoms with Crippen LogP contribution in [-0.4, -0.2) is 59.7 Å². The lowest BCUT2D eigenvalue weighted by Gasteiger charge is -2.36. The maximum atomic E-state index is 12.3. The van der Waals surface area contributed by atoms with Crippen molar-refractivity contribution >= 4 is 11.9 Å². The van der Waals surface area contributed by atoms with Crippen LogP contribution in [0, 0.1) is 5.41 Å². The van der Waals surface area contributed by atoms with Gasteiger partial charge in [-0.15, -0.1) is 0 Å². The second kappa shape index (κ2) is 5.26. The Balaban J connectivity index is 2.50. The van der Waals surface area contributed by atoms with Crippen molar-refractivity contribution in [2.45, 2.75) is 32.5 Å². The number of piperazine rings is 1. The average Bonchev–Trinajstić information content (AvgIpc) is 2.24. The summed E-state index contributed by atoms with van der Waals surface area (Å²) in [7, 11) is 0. The molecule has 110 valence electrons. The molecule has 0 aromatic rings. The molecule has 1 saturated heterocycles. The lowest BCUT2D eigenvalue weighted by atomic mass is 10.2. The van der Waals surface area contributed by atoms with Crippen molar-refractivity contribution in [1.82, 2.24) is 9.80 Å². The van der Waals surface area contributed by atoms with Crippen molar-refractivity contribution in [3.8, 4) is 0 Å². The predicted molar refractivity (Wildman–Crippen MR) is 63.2 cm³/mol. The average molecular weight is 281 g/mol. The molecule has 1 rings (SSSR count). The Labute approximate surface area is 109 Å². The number of nitrogens with zero attached hydrogens (tertiary/aromatic N) is 2. The molecule has 0 aromatic carbocycles. The van der Waals surface area contributed by atoms with E-state index in [2.05, 4.69) is 0 Å². The van der Waals surface area contributed by atoms with Crippen LogP contribution in [0.5, 0.6) is 0 Å². The number of ether oxygens (including phenoxy) is 1. The molecule has 0 bridgehead atoms. The third kappa shape index (κ3) is 4.60. The number of amidine groups is 1. The van der Waals surface area contributed by atoms with Crippen LogP contribution in [0.1, 0.15) is 20.8 Å². The van der Waals surface area contributed by atoms with Crippen LogP contribution >= 0.6 is 0 Å². The predicted octanol–water partition coefficient (Wildman–Crippen LogP) is 2.08. The van der Waals surface area contributed by atoms with E-state index in [4.69, 9.17) is 10.1 Å². The molecule has 1 aliphatic rings. The number of hydrogen-bond acceptors (Lipinski definition) is 3. The topological polar surface area (TPSA) is 56.6 Å². The first-order valence-corrected chi connectivity index (χ1v) is 5.89. The highest BCUT2D eigenvalue weighted by Crippen LogP contribution is 2.20. The Kier molecular flexibility index (Phi) is 4.32. The monoisotopic (exact) mass is 281 g/mol. The van der Waals surface area contributed by atoms with E-state index in [1.165, 1.54) is 4.90 Å². The maximum absolute atomic E-state index is 12.3. The van der Waals surface area contributed by atoms with Gasteiger partial charge < -0.3 is 14.5 Å². The molecule has 1 amide bonds. The van der Waals surface area contributed by atoms with Crippen molar-refractivity contribution < 1.29 is 22.7 Å². The molecular weight excluding hydrogens is 263 g/mol. The molecule has 19 heavy (non-hydrogen) atoms.